The van der Waals surface area contributed by atoms with Crippen molar-refractivity contribution < 1.29 is 28.1 Å². The van der Waals surface area contributed by atoms with Crippen LogP contribution in [0.1, 0.15) is 20.8 Å². The molecule has 0 aliphatic heterocycles. The van der Waals surface area contributed by atoms with E-state index in [0.29, 0.717) is 19.8 Å². The SMILES string of the molecule is CCO[I-]([SiH3])(OCC)OCC. The van der Waals surface area contributed by atoms with Crippen LogP contribution in [0.15, 0.2) is 0 Å². The fourth-order valence-corrected chi connectivity index (χ4v) is 9.01. The Morgan fingerprint density at radius 2 is 1.18 bits per heavy atom. The predicted octanol–water partition coefficient (Wildman–Crippen LogP) is -2.72. The van der Waals surface area contributed by atoms with Crippen molar-refractivity contribution in [2.24, 2.45) is 0 Å². The molecular formula is C6H18IO3Si-. The van der Waals surface area contributed by atoms with Crippen LogP contribution in [0.2, 0.25) is 0 Å². The first-order valence-corrected chi connectivity index (χ1v) is 13.7. The quantitative estimate of drug-likeness (QED) is 0.303. The van der Waals surface area contributed by atoms with E-state index >= 15 is 0 Å². The Kier molecular flexibility index (Phi) is 6.83. The molecule has 0 fully saturated rings. The maximum atomic E-state index is 5.51. The van der Waals surface area contributed by atoms with Crippen molar-refractivity contribution in [3.8, 4) is 0 Å². The van der Waals surface area contributed by atoms with Crippen molar-refractivity contribution in [1.82, 2.24) is 0 Å². The molecule has 0 aliphatic carbocycles. The van der Waals surface area contributed by atoms with Crippen LogP contribution in [0.4, 0.5) is 0 Å². The molecular weight excluding hydrogens is 275 g/mol. The van der Waals surface area contributed by atoms with Gasteiger partial charge >= 0.3 is 76.4 Å². The summed E-state index contributed by atoms with van der Waals surface area (Å²) in [6, 6.07) is 0. The van der Waals surface area contributed by atoms with Gasteiger partial charge in [-0.15, -0.1) is 0 Å². The van der Waals surface area contributed by atoms with Crippen LogP contribution in [0.5, 0.6) is 0 Å². The summed E-state index contributed by atoms with van der Waals surface area (Å²) in [7, 11) is 0.911. The molecule has 3 nitrogen and oxygen atoms in total. The second-order valence-electron chi connectivity index (χ2n) is 1.85. The molecule has 72 valence electrons. The summed E-state index contributed by atoms with van der Waals surface area (Å²) in [6.45, 7) is 8.07. The number of hydrogen-bond donors (Lipinski definition) is 0. The third-order valence-corrected chi connectivity index (χ3v) is 10.6. The van der Waals surface area contributed by atoms with E-state index < -0.39 is 18.9 Å². The van der Waals surface area contributed by atoms with Gasteiger partial charge in [0.1, 0.15) is 0 Å². The van der Waals surface area contributed by atoms with Gasteiger partial charge in [0.15, 0.2) is 0 Å². The summed E-state index contributed by atoms with van der Waals surface area (Å²) in [5, 5.41) is 0. The van der Waals surface area contributed by atoms with E-state index in [4.69, 9.17) is 9.20 Å². The first-order chi connectivity index (χ1) is 5.18. The molecule has 0 aromatic rings. The monoisotopic (exact) mass is 293 g/mol. The second-order valence-corrected chi connectivity index (χ2v) is 13.6. The summed E-state index contributed by atoms with van der Waals surface area (Å²) >= 11 is -2.53. The maximum absolute atomic E-state index is 5.51. The standard InChI is InChI=1S/C6H18IO3Si/c1-4-8-7(11,9-5-2)10-6-3/h4-6H2,1-3,11H3/q-1. The molecule has 0 bridgehead atoms. The molecule has 0 amide bonds. The van der Waals surface area contributed by atoms with Gasteiger partial charge in [-0.25, -0.2) is 0 Å². The summed E-state index contributed by atoms with van der Waals surface area (Å²) in [6.07, 6.45) is 0. The predicted molar refractivity (Wildman–Crippen MR) is 44.8 cm³/mol. The molecule has 0 rings (SSSR count). The van der Waals surface area contributed by atoms with Crippen LogP contribution >= 0.6 is 0 Å². The second kappa shape index (κ2) is 6.35. The zero-order chi connectivity index (χ0) is 8.74. The van der Waals surface area contributed by atoms with E-state index in [0.717, 1.165) is 7.74 Å². The van der Waals surface area contributed by atoms with E-state index in [1.165, 1.54) is 0 Å². The molecule has 0 radical (unpaired) electrons. The van der Waals surface area contributed by atoms with Gasteiger partial charge in [-0.3, -0.25) is 0 Å². The van der Waals surface area contributed by atoms with Crippen LogP contribution < -0.4 is 18.9 Å². The summed E-state index contributed by atoms with van der Waals surface area (Å²) in [5.41, 5.74) is 0. The van der Waals surface area contributed by atoms with Gasteiger partial charge in [0, 0.05) is 0 Å². The molecule has 0 spiro atoms. The molecule has 0 aromatic heterocycles. The summed E-state index contributed by atoms with van der Waals surface area (Å²) < 4.78 is 16.5. The van der Waals surface area contributed by atoms with Crippen LogP contribution in [0.3, 0.4) is 0 Å². The van der Waals surface area contributed by atoms with Crippen molar-refractivity contribution in [2.75, 3.05) is 19.8 Å². The van der Waals surface area contributed by atoms with Gasteiger partial charge in [0.2, 0.25) is 0 Å². The van der Waals surface area contributed by atoms with Crippen molar-refractivity contribution in [3.05, 3.63) is 0 Å². The molecule has 0 heterocycles. The first kappa shape index (κ1) is 11.8. The fourth-order valence-electron chi connectivity index (χ4n) is 0.689. The molecule has 0 saturated heterocycles. The Labute approximate surface area is 76.4 Å². The average Bonchev–Trinajstić information content (AvgIpc) is 1.88. The van der Waals surface area contributed by atoms with Gasteiger partial charge in [-0.05, 0) is 0 Å². The molecule has 0 N–H and O–H groups in total. The van der Waals surface area contributed by atoms with Gasteiger partial charge in [-0.2, -0.15) is 0 Å². The number of halogens is 1. The van der Waals surface area contributed by atoms with E-state index in [9.17, 15) is 0 Å². The zero-order valence-corrected chi connectivity index (χ0v) is 11.9. The molecule has 5 heteroatoms. The zero-order valence-electron chi connectivity index (χ0n) is 7.72. The van der Waals surface area contributed by atoms with E-state index in [2.05, 4.69) is 0 Å². The summed E-state index contributed by atoms with van der Waals surface area (Å²) in [4.78, 5) is 0. The molecule has 0 atom stereocenters. The Morgan fingerprint density at radius 3 is 1.36 bits per heavy atom. The van der Waals surface area contributed by atoms with Crippen LogP contribution in [-0.2, 0) is 9.20 Å². The first-order valence-electron chi connectivity index (χ1n) is 3.83. The average molecular weight is 293 g/mol. The van der Waals surface area contributed by atoms with Crippen LogP contribution in [0.25, 0.3) is 0 Å². The van der Waals surface area contributed by atoms with Gasteiger partial charge in [0.05, 0.1) is 0 Å². The molecule has 0 aliphatic rings. The Balaban J connectivity index is 3.79. The minimum atomic E-state index is -2.53. The van der Waals surface area contributed by atoms with Crippen LogP contribution in [-0.4, -0.2) is 27.6 Å². The van der Waals surface area contributed by atoms with Crippen LogP contribution in [0, 0.1) is 0 Å². The van der Waals surface area contributed by atoms with E-state index in [1.54, 1.807) is 0 Å². The fraction of sp³-hybridized carbons (Fsp3) is 1.00. The van der Waals surface area contributed by atoms with Crippen molar-refractivity contribution >= 4 is 7.74 Å². The van der Waals surface area contributed by atoms with Crippen molar-refractivity contribution in [1.29, 1.82) is 0 Å². The summed E-state index contributed by atoms with van der Waals surface area (Å²) in [5.74, 6) is 0. The Morgan fingerprint density at radius 1 is 0.909 bits per heavy atom. The molecule has 0 saturated carbocycles. The van der Waals surface area contributed by atoms with Crippen molar-refractivity contribution in [2.45, 2.75) is 20.8 Å². The third kappa shape index (κ3) is 5.13. The van der Waals surface area contributed by atoms with Crippen molar-refractivity contribution in [3.63, 3.8) is 0 Å². The van der Waals surface area contributed by atoms with Gasteiger partial charge in [0.25, 0.3) is 0 Å². The van der Waals surface area contributed by atoms with Gasteiger partial charge < -0.3 is 0 Å². The topological polar surface area (TPSA) is 27.7 Å². The molecule has 0 aromatic carbocycles. The van der Waals surface area contributed by atoms with Gasteiger partial charge in [-0.1, -0.05) is 0 Å². The Bertz CT molecular complexity index is 84.8. The van der Waals surface area contributed by atoms with E-state index in [1.807, 2.05) is 20.8 Å². The van der Waals surface area contributed by atoms with E-state index in [-0.39, 0.29) is 0 Å². The molecule has 11 heavy (non-hydrogen) atoms. The molecule has 0 unspecified atom stereocenters. The number of rotatable bonds is 6. The number of hydrogen-bond acceptors (Lipinski definition) is 3. The Hall–Kier alpha value is 0.827. The minimum absolute atomic E-state index is 0.708. The normalized spacial score (nSPS) is 13.7. The third-order valence-electron chi connectivity index (χ3n) is 0.922.